The molecule has 1 aliphatic heterocycles. The SMILES string of the molecule is Nc1ccn2c(CC3CCSC3)nnc2c1. The third-order valence-electron chi connectivity index (χ3n) is 3.00. The number of thioether (sulfide) groups is 1. The predicted octanol–water partition coefficient (Wildman–Crippen LogP) is 1.61. The molecule has 3 rings (SSSR count). The second-order valence-corrected chi connectivity index (χ2v) is 5.39. The summed E-state index contributed by atoms with van der Waals surface area (Å²) in [6.07, 6.45) is 4.29. The van der Waals surface area contributed by atoms with E-state index in [1.165, 1.54) is 17.9 Å². The molecule has 4 nitrogen and oxygen atoms in total. The zero-order valence-electron chi connectivity index (χ0n) is 8.97. The summed E-state index contributed by atoms with van der Waals surface area (Å²) in [5.41, 5.74) is 7.30. The average molecular weight is 234 g/mol. The minimum absolute atomic E-state index is 0.739. The number of nitrogens with two attached hydrogens (primary N) is 1. The topological polar surface area (TPSA) is 56.2 Å². The van der Waals surface area contributed by atoms with E-state index in [9.17, 15) is 0 Å². The molecule has 1 saturated heterocycles. The van der Waals surface area contributed by atoms with Crippen LogP contribution in [0.3, 0.4) is 0 Å². The average Bonchev–Trinajstić information content (AvgIpc) is 2.89. The first-order valence-corrected chi connectivity index (χ1v) is 6.65. The van der Waals surface area contributed by atoms with Gasteiger partial charge in [0.25, 0.3) is 0 Å². The van der Waals surface area contributed by atoms with Crippen LogP contribution in [-0.2, 0) is 6.42 Å². The van der Waals surface area contributed by atoms with Gasteiger partial charge in [-0.2, -0.15) is 11.8 Å². The second kappa shape index (κ2) is 3.97. The molecule has 3 heterocycles. The van der Waals surface area contributed by atoms with Crippen LogP contribution in [0.15, 0.2) is 18.3 Å². The van der Waals surface area contributed by atoms with E-state index in [1.807, 2.05) is 34.5 Å². The van der Waals surface area contributed by atoms with Gasteiger partial charge < -0.3 is 5.73 Å². The van der Waals surface area contributed by atoms with Crippen LogP contribution in [0.1, 0.15) is 12.2 Å². The Morgan fingerprint density at radius 3 is 3.25 bits per heavy atom. The van der Waals surface area contributed by atoms with Crippen molar-refractivity contribution in [2.24, 2.45) is 5.92 Å². The lowest BCUT2D eigenvalue weighted by Gasteiger charge is -2.05. The summed E-state index contributed by atoms with van der Waals surface area (Å²) in [5.74, 6) is 4.36. The number of fused-ring (bicyclic) bond motifs is 1. The molecule has 0 saturated carbocycles. The lowest BCUT2D eigenvalue weighted by molar-refractivity contribution is 0.572. The van der Waals surface area contributed by atoms with Crippen molar-refractivity contribution >= 4 is 23.1 Å². The number of hydrogen-bond donors (Lipinski definition) is 1. The quantitative estimate of drug-likeness (QED) is 0.857. The Bertz CT molecular complexity index is 502. The molecule has 0 aliphatic carbocycles. The van der Waals surface area contributed by atoms with Crippen LogP contribution in [0.25, 0.3) is 5.65 Å². The van der Waals surface area contributed by atoms with E-state index < -0.39 is 0 Å². The van der Waals surface area contributed by atoms with Crippen molar-refractivity contribution in [3.05, 3.63) is 24.2 Å². The Morgan fingerprint density at radius 1 is 1.50 bits per heavy atom. The predicted molar refractivity (Wildman–Crippen MR) is 66.5 cm³/mol. The number of pyridine rings is 1. The normalized spacial score (nSPS) is 20.6. The largest absolute Gasteiger partial charge is 0.399 e. The van der Waals surface area contributed by atoms with E-state index in [2.05, 4.69) is 10.2 Å². The Balaban J connectivity index is 1.91. The Kier molecular flexibility index (Phi) is 2.47. The number of hydrogen-bond acceptors (Lipinski definition) is 4. The highest BCUT2D eigenvalue weighted by atomic mass is 32.2. The summed E-state index contributed by atoms with van der Waals surface area (Å²) in [6.45, 7) is 0. The van der Waals surface area contributed by atoms with Crippen LogP contribution >= 0.6 is 11.8 Å². The van der Waals surface area contributed by atoms with Crippen molar-refractivity contribution in [1.29, 1.82) is 0 Å². The molecule has 0 bridgehead atoms. The lowest BCUT2D eigenvalue weighted by atomic mass is 10.1. The fourth-order valence-electron chi connectivity index (χ4n) is 2.10. The Morgan fingerprint density at radius 2 is 2.44 bits per heavy atom. The van der Waals surface area contributed by atoms with Crippen LogP contribution in [0.2, 0.25) is 0 Å². The number of anilines is 1. The zero-order chi connectivity index (χ0) is 11.0. The molecule has 2 aromatic rings. The highest BCUT2D eigenvalue weighted by Gasteiger charge is 2.18. The number of nitrogen functional groups attached to an aromatic ring is 1. The summed E-state index contributed by atoms with van der Waals surface area (Å²) in [7, 11) is 0. The molecule has 1 unspecified atom stereocenters. The van der Waals surface area contributed by atoms with Crippen molar-refractivity contribution in [3.8, 4) is 0 Å². The summed E-state index contributed by atoms with van der Waals surface area (Å²) >= 11 is 2.03. The number of aromatic nitrogens is 3. The van der Waals surface area contributed by atoms with Crippen LogP contribution in [0.4, 0.5) is 5.69 Å². The molecule has 5 heteroatoms. The lowest BCUT2D eigenvalue weighted by Crippen LogP contribution is -2.06. The van der Waals surface area contributed by atoms with Gasteiger partial charge in [0.1, 0.15) is 5.82 Å². The van der Waals surface area contributed by atoms with Gasteiger partial charge in [0.2, 0.25) is 0 Å². The summed E-state index contributed by atoms with van der Waals surface area (Å²) in [6, 6.07) is 3.75. The molecule has 2 aromatic heterocycles. The van der Waals surface area contributed by atoms with Gasteiger partial charge in [0.15, 0.2) is 5.65 Å². The fourth-order valence-corrected chi connectivity index (χ4v) is 3.38. The minimum Gasteiger partial charge on any atom is -0.399 e. The first-order chi connectivity index (χ1) is 7.83. The Hall–Kier alpha value is -1.23. The third kappa shape index (κ3) is 1.75. The molecule has 1 atom stereocenters. The van der Waals surface area contributed by atoms with E-state index in [0.29, 0.717) is 0 Å². The van der Waals surface area contributed by atoms with Gasteiger partial charge in [-0.05, 0) is 29.9 Å². The van der Waals surface area contributed by atoms with Crippen molar-refractivity contribution < 1.29 is 0 Å². The second-order valence-electron chi connectivity index (χ2n) is 4.24. The number of rotatable bonds is 2. The van der Waals surface area contributed by atoms with E-state index in [-0.39, 0.29) is 0 Å². The van der Waals surface area contributed by atoms with Gasteiger partial charge in [-0.1, -0.05) is 0 Å². The van der Waals surface area contributed by atoms with E-state index >= 15 is 0 Å². The molecule has 1 aliphatic rings. The monoisotopic (exact) mass is 234 g/mol. The molecule has 16 heavy (non-hydrogen) atoms. The van der Waals surface area contributed by atoms with Gasteiger partial charge >= 0.3 is 0 Å². The van der Waals surface area contributed by atoms with E-state index in [4.69, 9.17) is 5.73 Å². The standard InChI is InChI=1S/C11H14N4S/c12-9-1-3-15-10(13-14-11(15)6-9)5-8-2-4-16-7-8/h1,3,6,8H,2,4-5,7,12H2. The van der Waals surface area contributed by atoms with Crippen molar-refractivity contribution in [2.45, 2.75) is 12.8 Å². The van der Waals surface area contributed by atoms with Gasteiger partial charge in [-0.3, -0.25) is 4.40 Å². The molecule has 0 aromatic carbocycles. The molecule has 1 fully saturated rings. The van der Waals surface area contributed by atoms with Crippen molar-refractivity contribution in [3.63, 3.8) is 0 Å². The molecule has 84 valence electrons. The molecular weight excluding hydrogens is 220 g/mol. The first kappa shape index (κ1) is 9.96. The van der Waals surface area contributed by atoms with Gasteiger partial charge in [-0.25, -0.2) is 0 Å². The van der Waals surface area contributed by atoms with Crippen molar-refractivity contribution in [2.75, 3.05) is 17.2 Å². The van der Waals surface area contributed by atoms with E-state index in [1.54, 1.807) is 0 Å². The van der Waals surface area contributed by atoms with Gasteiger partial charge in [-0.15, -0.1) is 10.2 Å². The maximum atomic E-state index is 5.71. The van der Waals surface area contributed by atoms with Crippen LogP contribution in [0.5, 0.6) is 0 Å². The minimum atomic E-state index is 0.739. The molecule has 0 radical (unpaired) electrons. The highest BCUT2D eigenvalue weighted by Crippen LogP contribution is 2.26. The maximum Gasteiger partial charge on any atom is 0.162 e. The molecule has 0 amide bonds. The summed E-state index contributed by atoms with van der Waals surface area (Å²) in [5, 5.41) is 8.40. The van der Waals surface area contributed by atoms with Gasteiger partial charge in [0.05, 0.1) is 0 Å². The molecular formula is C11H14N4S. The zero-order valence-corrected chi connectivity index (χ0v) is 9.78. The first-order valence-electron chi connectivity index (χ1n) is 5.50. The van der Waals surface area contributed by atoms with Crippen LogP contribution in [-0.4, -0.2) is 26.1 Å². The Labute approximate surface area is 98.2 Å². The van der Waals surface area contributed by atoms with Gasteiger partial charge in [0, 0.05) is 24.4 Å². The highest BCUT2D eigenvalue weighted by molar-refractivity contribution is 7.99. The molecule has 2 N–H and O–H groups in total. The fraction of sp³-hybridized carbons (Fsp3) is 0.455. The smallest absolute Gasteiger partial charge is 0.162 e. The number of nitrogens with zero attached hydrogens (tertiary/aromatic N) is 3. The van der Waals surface area contributed by atoms with E-state index in [0.717, 1.165) is 29.5 Å². The maximum absolute atomic E-state index is 5.71. The third-order valence-corrected chi connectivity index (χ3v) is 4.23. The molecule has 0 spiro atoms. The van der Waals surface area contributed by atoms with Crippen LogP contribution < -0.4 is 5.73 Å². The van der Waals surface area contributed by atoms with Crippen LogP contribution in [0, 0.1) is 5.92 Å². The summed E-state index contributed by atoms with van der Waals surface area (Å²) in [4.78, 5) is 0. The van der Waals surface area contributed by atoms with Crippen molar-refractivity contribution in [1.82, 2.24) is 14.6 Å². The summed E-state index contributed by atoms with van der Waals surface area (Å²) < 4.78 is 2.04.